The van der Waals surface area contributed by atoms with Crippen molar-refractivity contribution in [1.82, 2.24) is 14.3 Å². The minimum absolute atomic E-state index is 0.0181. The van der Waals surface area contributed by atoms with Gasteiger partial charge in [-0.05, 0) is 50.2 Å². The zero-order valence-corrected chi connectivity index (χ0v) is 15.0. The van der Waals surface area contributed by atoms with Crippen molar-refractivity contribution in [1.29, 1.82) is 0 Å². The molecule has 0 saturated carbocycles. The van der Waals surface area contributed by atoms with Gasteiger partial charge in [-0.2, -0.15) is 0 Å². The zero-order chi connectivity index (χ0) is 17.8. The topological polar surface area (TPSA) is 46.8 Å². The van der Waals surface area contributed by atoms with Gasteiger partial charge in [0.05, 0.1) is 17.8 Å². The summed E-state index contributed by atoms with van der Waals surface area (Å²) in [5, 5.41) is 0.669. The Hall–Kier alpha value is -2.53. The van der Waals surface area contributed by atoms with E-state index in [1.54, 1.807) is 17.0 Å². The Kier molecular flexibility index (Phi) is 5.24. The van der Waals surface area contributed by atoms with Crippen molar-refractivity contribution in [2.75, 3.05) is 19.7 Å². The number of carbonyl (C=O) groups excluding carboxylic acids is 1. The fourth-order valence-corrected chi connectivity index (χ4v) is 2.76. The maximum atomic E-state index is 12.7. The van der Waals surface area contributed by atoms with E-state index in [0.717, 1.165) is 17.1 Å². The average Bonchev–Trinajstić information content (AvgIpc) is 2.99. The molecule has 3 rings (SSSR count). The molecule has 0 atom stereocenters. The first-order valence-electron chi connectivity index (χ1n) is 8.20. The van der Waals surface area contributed by atoms with Gasteiger partial charge in [0.2, 0.25) is 0 Å². The van der Waals surface area contributed by atoms with Gasteiger partial charge in [-0.25, -0.2) is 4.98 Å². The molecule has 0 aliphatic rings. The molecule has 0 N–H and O–H groups in total. The maximum Gasteiger partial charge on any atom is 0.255 e. The number of nitrogens with zero attached hydrogens (tertiary/aromatic N) is 3. The number of rotatable bonds is 6. The number of likely N-dealkylation sites (N-methyl/N-ethyl adjacent to an activating group) is 1. The van der Waals surface area contributed by atoms with Crippen molar-refractivity contribution in [2.45, 2.75) is 13.8 Å². The third-order valence-electron chi connectivity index (χ3n) is 3.93. The Labute approximate surface area is 151 Å². The minimum atomic E-state index is -0.0181. The summed E-state index contributed by atoms with van der Waals surface area (Å²) in [6, 6.07) is 10.9. The van der Waals surface area contributed by atoms with E-state index >= 15 is 0 Å². The summed E-state index contributed by atoms with van der Waals surface area (Å²) in [7, 11) is 0. The molecule has 3 aromatic rings. The van der Waals surface area contributed by atoms with E-state index in [4.69, 9.17) is 16.3 Å². The zero-order valence-electron chi connectivity index (χ0n) is 14.3. The molecule has 0 aliphatic carbocycles. The summed E-state index contributed by atoms with van der Waals surface area (Å²) >= 11 is 5.86. The first-order valence-corrected chi connectivity index (χ1v) is 8.57. The standard InChI is InChI=1S/C19H20ClN3O2/c1-3-22(10-11-25-17-7-5-16(20)6-8-17)19(24)15-4-9-18-21-14(2)12-23(18)13-15/h4-9,12-13H,3,10-11H2,1-2H3. The number of carbonyl (C=O) groups is 1. The molecule has 1 amide bonds. The molecule has 2 heterocycles. The highest BCUT2D eigenvalue weighted by molar-refractivity contribution is 6.30. The smallest absolute Gasteiger partial charge is 0.255 e. The molecule has 5 nitrogen and oxygen atoms in total. The second kappa shape index (κ2) is 7.57. The molecule has 2 aromatic heterocycles. The van der Waals surface area contributed by atoms with Crippen LogP contribution in [0.1, 0.15) is 23.0 Å². The molecule has 1 aromatic carbocycles. The number of fused-ring (bicyclic) bond motifs is 1. The predicted octanol–water partition coefficient (Wildman–Crippen LogP) is 3.84. The molecule has 0 saturated heterocycles. The van der Waals surface area contributed by atoms with Gasteiger partial charge in [-0.3, -0.25) is 4.79 Å². The number of benzene rings is 1. The summed E-state index contributed by atoms with van der Waals surface area (Å²) < 4.78 is 7.56. The first-order chi connectivity index (χ1) is 12.1. The summed E-state index contributed by atoms with van der Waals surface area (Å²) in [5.41, 5.74) is 2.40. The van der Waals surface area contributed by atoms with Crippen molar-refractivity contribution >= 4 is 23.2 Å². The largest absolute Gasteiger partial charge is 0.492 e. The fourth-order valence-electron chi connectivity index (χ4n) is 2.64. The van der Waals surface area contributed by atoms with Gasteiger partial charge in [0.25, 0.3) is 5.91 Å². The summed E-state index contributed by atoms with van der Waals surface area (Å²) in [5.74, 6) is 0.721. The molecule has 0 radical (unpaired) electrons. The lowest BCUT2D eigenvalue weighted by atomic mass is 10.2. The molecule has 25 heavy (non-hydrogen) atoms. The highest BCUT2D eigenvalue weighted by atomic mass is 35.5. The van der Waals surface area contributed by atoms with Gasteiger partial charge >= 0.3 is 0 Å². The van der Waals surface area contributed by atoms with Gasteiger partial charge in [-0.1, -0.05) is 11.6 Å². The Morgan fingerprint density at radius 2 is 1.96 bits per heavy atom. The third-order valence-corrected chi connectivity index (χ3v) is 4.18. The van der Waals surface area contributed by atoms with Crippen molar-refractivity contribution in [3.8, 4) is 5.75 Å². The van der Waals surface area contributed by atoms with Crippen LogP contribution in [0, 0.1) is 6.92 Å². The van der Waals surface area contributed by atoms with E-state index in [1.165, 1.54) is 0 Å². The lowest BCUT2D eigenvalue weighted by Crippen LogP contribution is -2.34. The van der Waals surface area contributed by atoms with Crippen LogP contribution in [0.4, 0.5) is 0 Å². The number of amides is 1. The molecular formula is C19H20ClN3O2. The lowest BCUT2D eigenvalue weighted by molar-refractivity contribution is 0.0739. The van der Waals surface area contributed by atoms with Crippen molar-refractivity contribution in [3.05, 3.63) is 65.1 Å². The molecule has 0 bridgehead atoms. The first kappa shape index (κ1) is 17.3. The van der Waals surface area contributed by atoms with Crippen LogP contribution in [0.25, 0.3) is 5.65 Å². The molecule has 0 unspecified atom stereocenters. The predicted molar refractivity (Wildman–Crippen MR) is 98.5 cm³/mol. The van der Waals surface area contributed by atoms with Crippen molar-refractivity contribution < 1.29 is 9.53 Å². The highest BCUT2D eigenvalue weighted by Gasteiger charge is 2.15. The van der Waals surface area contributed by atoms with E-state index in [9.17, 15) is 4.79 Å². The SMILES string of the molecule is CCN(CCOc1ccc(Cl)cc1)C(=O)c1ccc2nc(C)cn2c1. The number of aromatic nitrogens is 2. The number of ether oxygens (including phenoxy) is 1. The van der Waals surface area contributed by atoms with Crippen molar-refractivity contribution in [3.63, 3.8) is 0 Å². The number of imidazole rings is 1. The summed E-state index contributed by atoms with van der Waals surface area (Å²) in [4.78, 5) is 18.9. The monoisotopic (exact) mass is 357 g/mol. The highest BCUT2D eigenvalue weighted by Crippen LogP contribution is 2.15. The summed E-state index contributed by atoms with van der Waals surface area (Å²) in [6.45, 7) is 5.44. The van der Waals surface area contributed by atoms with E-state index < -0.39 is 0 Å². The fraction of sp³-hybridized carbons (Fsp3) is 0.263. The Balaban J connectivity index is 1.64. The Morgan fingerprint density at radius 1 is 1.20 bits per heavy atom. The average molecular weight is 358 g/mol. The normalized spacial score (nSPS) is 10.8. The van der Waals surface area contributed by atoms with Crippen LogP contribution >= 0.6 is 11.6 Å². The second-order valence-corrected chi connectivity index (χ2v) is 6.19. The van der Waals surface area contributed by atoms with E-state index in [-0.39, 0.29) is 5.91 Å². The second-order valence-electron chi connectivity index (χ2n) is 5.75. The van der Waals surface area contributed by atoms with Gasteiger partial charge in [0, 0.05) is 24.0 Å². The van der Waals surface area contributed by atoms with Gasteiger partial charge in [-0.15, -0.1) is 0 Å². The van der Waals surface area contributed by atoms with Gasteiger partial charge < -0.3 is 14.0 Å². The quantitative estimate of drug-likeness (QED) is 0.673. The van der Waals surface area contributed by atoms with Crippen LogP contribution in [-0.4, -0.2) is 39.9 Å². The van der Waals surface area contributed by atoms with E-state index in [2.05, 4.69) is 4.98 Å². The van der Waals surface area contributed by atoms with Crippen LogP contribution in [-0.2, 0) is 0 Å². The van der Waals surface area contributed by atoms with Crippen LogP contribution in [0.15, 0.2) is 48.8 Å². The number of halogens is 1. The Bertz CT molecular complexity index is 874. The summed E-state index contributed by atoms with van der Waals surface area (Å²) in [6.07, 6.45) is 3.73. The lowest BCUT2D eigenvalue weighted by Gasteiger charge is -2.21. The number of hydrogen-bond donors (Lipinski definition) is 0. The van der Waals surface area contributed by atoms with Gasteiger partial charge in [0.1, 0.15) is 18.0 Å². The van der Waals surface area contributed by atoms with Gasteiger partial charge in [0.15, 0.2) is 0 Å². The minimum Gasteiger partial charge on any atom is -0.492 e. The number of pyridine rings is 1. The van der Waals surface area contributed by atoms with E-state index in [1.807, 2.05) is 54.9 Å². The van der Waals surface area contributed by atoms with E-state index in [0.29, 0.717) is 30.3 Å². The van der Waals surface area contributed by atoms with Crippen LogP contribution in [0.5, 0.6) is 5.75 Å². The van der Waals surface area contributed by atoms with Crippen molar-refractivity contribution in [2.24, 2.45) is 0 Å². The maximum absolute atomic E-state index is 12.7. The van der Waals surface area contributed by atoms with Crippen LogP contribution < -0.4 is 4.74 Å². The number of aryl methyl sites for hydroxylation is 1. The number of hydrogen-bond acceptors (Lipinski definition) is 3. The molecule has 6 heteroatoms. The molecule has 0 spiro atoms. The molecule has 0 fully saturated rings. The Morgan fingerprint density at radius 3 is 2.68 bits per heavy atom. The third kappa shape index (κ3) is 4.12. The van der Waals surface area contributed by atoms with Crippen LogP contribution in [0.2, 0.25) is 5.02 Å². The molecule has 0 aliphatic heterocycles. The molecular weight excluding hydrogens is 338 g/mol. The molecule has 130 valence electrons. The van der Waals surface area contributed by atoms with Crippen LogP contribution in [0.3, 0.4) is 0 Å².